The van der Waals surface area contributed by atoms with E-state index >= 15 is 0 Å². The predicted octanol–water partition coefficient (Wildman–Crippen LogP) is 2.87. The standard InChI is InChI=1S/C18H20ClN3O4S/c1-11-3-5-15(16(23)9-11)20-17(24)6-4-14-12(2)21-22(18(14)19)13-7-8-27(25,26)10-13/h3-6,9,13,23H,7-8,10H2,1-2H3,(H,20,24)/b6-4+/t13-/m1/s1. The number of phenolic OH excluding ortho intramolecular Hbond substituents is 1. The van der Waals surface area contributed by atoms with Crippen LogP contribution in [0, 0.1) is 13.8 Å². The summed E-state index contributed by atoms with van der Waals surface area (Å²) in [6.45, 7) is 3.58. The van der Waals surface area contributed by atoms with Gasteiger partial charge >= 0.3 is 0 Å². The Hall–Kier alpha value is -2.32. The van der Waals surface area contributed by atoms with Gasteiger partial charge in [-0.1, -0.05) is 17.7 Å². The molecular formula is C18H20ClN3O4S. The molecule has 1 fully saturated rings. The first kappa shape index (κ1) is 19.4. The van der Waals surface area contributed by atoms with Crippen LogP contribution in [0.5, 0.6) is 5.75 Å². The number of aryl methyl sites for hydroxylation is 2. The molecule has 1 aromatic carbocycles. The zero-order valence-corrected chi connectivity index (χ0v) is 16.5. The number of aromatic hydroxyl groups is 1. The summed E-state index contributed by atoms with van der Waals surface area (Å²) in [6, 6.07) is 4.66. The fourth-order valence-electron chi connectivity index (χ4n) is 3.01. The lowest BCUT2D eigenvalue weighted by molar-refractivity contribution is -0.111. The number of aromatic nitrogens is 2. The molecule has 2 heterocycles. The van der Waals surface area contributed by atoms with Crippen LogP contribution in [0.3, 0.4) is 0 Å². The highest BCUT2D eigenvalue weighted by molar-refractivity contribution is 7.91. The summed E-state index contributed by atoms with van der Waals surface area (Å²) in [7, 11) is -3.06. The number of nitrogens with one attached hydrogen (secondary N) is 1. The number of carbonyl (C=O) groups excluding carboxylic acids is 1. The molecule has 2 N–H and O–H groups in total. The van der Waals surface area contributed by atoms with Crippen LogP contribution in [-0.2, 0) is 14.6 Å². The molecule has 7 nitrogen and oxygen atoms in total. The van der Waals surface area contributed by atoms with Crippen molar-refractivity contribution in [3.8, 4) is 5.75 Å². The van der Waals surface area contributed by atoms with Crippen molar-refractivity contribution >= 4 is 39.1 Å². The first-order valence-corrected chi connectivity index (χ1v) is 10.6. The van der Waals surface area contributed by atoms with Crippen molar-refractivity contribution in [2.75, 3.05) is 16.8 Å². The van der Waals surface area contributed by atoms with Crippen molar-refractivity contribution in [3.63, 3.8) is 0 Å². The van der Waals surface area contributed by atoms with Crippen LogP contribution in [-0.4, -0.2) is 40.7 Å². The van der Waals surface area contributed by atoms with Crippen molar-refractivity contribution < 1.29 is 18.3 Å². The molecule has 3 rings (SSSR count). The maximum atomic E-state index is 12.1. The summed E-state index contributed by atoms with van der Waals surface area (Å²) in [4.78, 5) is 12.1. The maximum Gasteiger partial charge on any atom is 0.248 e. The van der Waals surface area contributed by atoms with Crippen LogP contribution < -0.4 is 5.32 Å². The Labute approximate surface area is 162 Å². The molecule has 0 radical (unpaired) electrons. The van der Waals surface area contributed by atoms with E-state index in [2.05, 4.69) is 10.4 Å². The van der Waals surface area contributed by atoms with Crippen molar-refractivity contribution in [3.05, 3.63) is 46.2 Å². The summed E-state index contributed by atoms with van der Waals surface area (Å²) in [6.07, 6.45) is 3.30. The third-order valence-corrected chi connectivity index (χ3v) is 6.56. The van der Waals surface area contributed by atoms with Gasteiger partial charge in [0.1, 0.15) is 10.9 Å². The molecule has 0 bridgehead atoms. The van der Waals surface area contributed by atoms with Gasteiger partial charge in [0.2, 0.25) is 5.91 Å². The lowest BCUT2D eigenvalue weighted by atomic mass is 10.2. The minimum absolute atomic E-state index is 0.0128. The van der Waals surface area contributed by atoms with Gasteiger partial charge in [0.15, 0.2) is 9.84 Å². The van der Waals surface area contributed by atoms with E-state index in [1.165, 1.54) is 16.8 Å². The summed E-state index contributed by atoms with van der Waals surface area (Å²) < 4.78 is 24.9. The van der Waals surface area contributed by atoms with E-state index in [4.69, 9.17) is 11.6 Å². The SMILES string of the molecule is Cc1ccc(NC(=O)/C=C/c2c(C)nn([C@@H]3CCS(=O)(=O)C3)c2Cl)c(O)c1. The summed E-state index contributed by atoms with van der Waals surface area (Å²) >= 11 is 6.37. The summed E-state index contributed by atoms with van der Waals surface area (Å²) in [5.74, 6) is -0.299. The quantitative estimate of drug-likeness (QED) is 0.597. The number of rotatable bonds is 4. The predicted molar refractivity (Wildman–Crippen MR) is 105 cm³/mol. The molecule has 0 saturated carbocycles. The average Bonchev–Trinajstić information content (AvgIpc) is 3.07. The monoisotopic (exact) mass is 409 g/mol. The highest BCUT2D eigenvalue weighted by Crippen LogP contribution is 2.30. The minimum Gasteiger partial charge on any atom is -0.506 e. The lowest BCUT2D eigenvalue weighted by Gasteiger charge is -2.09. The Balaban J connectivity index is 1.76. The molecule has 27 heavy (non-hydrogen) atoms. The van der Waals surface area contributed by atoms with E-state index in [-0.39, 0.29) is 23.3 Å². The molecule has 1 amide bonds. The number of hydrogen-bond acceptors (Lipinski definition) is 5. The zero-order valence-electron chi connectivity index (χ0n) is 14.9. The fourth-order valence-corrected chi connectivity index (χ4v) is 5.08. The van der Waals surface area contributed by atoms with Crippen molar-refractivity contribution in [1.29, 1.82) is 0 Å². The molecule has 1 aliphatic heterocycles. The first-order valence-electron chi connectivity index (χ1n) is 8.40. The fraction of sp³-hybridized carbons (Fsp3) is 0.333. The molecule has 0 aliphatic carbocycles. The molecule has 0 spiro atoms. The number of sulfone groups is 1. The smallest absolute Gasteiger partial charge is 0.248 e. The Bertz CT molecular complexity index is 1030. The number of hydrogen-bond donors (Lipinski definition) is 2. The van der Waals surface area contributed by atoms with Gasteiger partial charge in [-0.3, -0.25) is 4.79 Å². The van der Waals surface area contributed by atoms with Gasteiger partial charge in [-0.2, -0.15) is 5.10 Å². The second-order valence-electron chi connectivity index (χ2n) is 6.63. The number of anilines is 1. The molecule has 9 heteroatoms. The third-order valence-electron chi connectivity index (χ3n) is 4.44. The topological polar surface area (TPSA) is 101 Å². The number of carbonyl (C=O) groups is 1. The number of benzene rings is 1. The lowest BCUT2D eigenvalue weighted by Crippen LogP contribution is -2.12. The molecule has 2 aromatic rings. The first-order chi connectivity index (χ1) is 12.7. The Morgan fingerprint density at radius 3 is 2.78 bits per heavy atom. The number of amides is 1. The Morgan fingerprint density at radius 1 is 1.41 bits per heavy atom. The zero-order chi connectivity index (χ0) is 19.8. The van der Waals surface area contributed by atoms with E-state index in [0.29, 0.717) is 28.5 Å². The molecule has 1 aromatic heterocycles. The van der Waals surface area contributed by atoms with Crippen LogP contribution in [0.25, 0.3) is 6.08 Å². The maximum absolute atomic E-state index is 12.1. The van der Waals surface area contributed by atoms with Gasteiger partial charge in [-0.15, -0.1) is 0 Å². The van der Waals surface area contributed by atoms with E-state index in [9.17, 15) is 18.3 Å². The van der Waals surface area contributed by atoms with Crippen LogP contribution in [0.15, 0.2) is 24.3 Å². The Morgan fingerprint density at radius 2 is 2.15 bits per heavy atom. The third kappa shape index (κ3) is 4.33. The average molecular weight is 410 g/mol. The van der Waals surface area contributed by atoms with Gasteiger partial charge in [0.25, 0.3) is 0 Å². The van der Waals surface area contributed by atoms with Gasteiger partial charge in [0.05, 0.1) is 28.9 Å². The van der Waals surface area contributed by atoms with Crippen LogP contribution in [0.4, 0.5) is 5.69 Å². The van der Waals surface area contributed by atoms with E-state index < -0.39 is 15.7 Å². The molecule has 0 unspecified atom stereocenters. The highest BCUT2D eigenvalue weighted by atomic mass is 35.5. The van der Waals surface area contributed by atoms with Crippen LogP contribution >= 0.6 is 11.6 Å². The van der Waals surface area contributed by atoms with E-state index in [1.54, 1.807) is 25.1 Å². The van der Waals surface area contributed by atoms with Gasteiger partial charge in [-0.05, 0) is 44.0 Å². The minimum atomic E-state index is -3.06. The Kier molecular flexibility index (Phi) is 5.30. The van der Waals surface area contributed by atoms with Gasteiger partial charge < -0.3 is 10.4 Å². The summed E-state index contributed by atoms with van der Waals surface area (Å²) in [5.41, 5.74) is 2.35. The normalized spacial score (nSPS) is 18.9. The number of phenols is 1. The molecular weight excluding hydrogens is 390 g/mol. The van der Waals surface area contributed by atoms with Gasteiger partial charge in [-0.25, -0.2) is 13.1 Å². The van der Waals surface area contributed by atoms with Crippen molar-refractivity contribution in [2.45, 2.75) is 26.3 Å². The molecule has 144 valence electrons. The van der Waals surface area contributed by atoms with Gasteiger partial charge in [0, 0.05) is 11.6 Å². The number of halogens is 1. The van der Waals surface area contributed by atoms with E-state index in [0.717, 1.165) is 5.56 Å². The highest BCUT2D eigenvalue weighted by Gasteiger charge is 2.31. The van der Waals surface area contributed by atoms with Crippen LogP contribution in [0.1, 0.15) is 29.3 Å². The second-order valence-corrected chi connectivity index (χ2v) is 9.22. The van der Waals surface area contributed by atoms with Crippen molar-refractivity contribution in [2.24, 2.45) is 0 Å². The number of nitrogens with zero attached hydrogens (tertiary/aromatic N) is 2. The molecule has 1 atom stereocenters. The van der Waals surface area contributed by atoms with E-state index in [1.807, 2.05) is 6.92 Å². The van der Waals surface area contributed by atoms with Crippen molar-refractivity contribution in [1.82, 2.24) is 9.78 Å². The molecule has 1 saturated heterocycles. The largest absolute Gasteiger partial charge is 0.506 e. The second kappa shape index (κ2) is 7.36. The summed E-state index contributed by atoms with van der Waals surface area (Å²) in [5, 5.41) is 17.1. The molecule has 1 aliphatic rings. The van der Waals surface area contributed by atoms with Crippen LogP contribution in [0.2, 0.25) is 5.15 Å².